The van der Waals surface area contributed by atoms with Gasteiger partial charge < -0.3 is 9.64 Å². The Morgan fingerprint density at radius 2 is 1.61 bits per heavy atom. The maximum Gasteiger partial charge on any atom is 0.360 e. The molecule has 0 bridgehead atoms. The topological polar surface area (TPSA) is 64.4 Å². The number of aromatic nitrogens is 2. The average Bonchev–Trinajstić information content (AvgIpc) is 3.02. The van der Waals surface area contributed by atoms with Gasteiger partial charge in [-0.15, -0.1) is 0 Å². The van der Waals surface area contributed by atoms with Gasteiger partial charge in [-0.05, 0) is 62.8 Å². The predicted molar refractivity (Wildman–Crippen MR) is 124 cm³/mol. The molecule has 0 saturated carbocycles. The van der Waals surface area contributed by atoms with E-state index in [0.717, 1.165) is 31.6 Å². The molecule has 0 spiro atoms. The zero-order valence-electron chi connectivity index (χ0n) is 19.4. The van der Waals surface area contributed by atoms with Crippen LogP contribution in [0.15, 0.2) is 24.3 Å². The first-order chi connectivity index (χ1) is 14.6. The summed E-state index contributed by atoms with van der Waals surface area (Å²) in [4.78, 5) is 27.1. The highest BCUT2D eigenvalue weighted by atomic mass is 35.5. The first-order valence-corrected chi connectivity index (χ1v) is 11.3. The van der Waals surface area contributed by atoms with Gasteiger partial charge in [0.05, 0.1) is 23.0 Å². The molecule has 0 saturated heterocycles. The molecule has 0 unspecified atom stereocenters. The number of ether oxygens (including phenoxy) is 1. The minimum absolute atomic E-state index is 0.0373. The van der Waals surface area contributed by atoms with Crippen molar-refractivity contribution in [2.75, 3.05) is 19.7 Å². The van der Waals surface area contributed by atoms with Crippen LogP contribution >= 0.6 is 11.6 Å². The Hall–Kier alpha value is -2.34. The summed E-state index contributed by atoms with van der Waals surface area (Å²) < 4.78 is 6.62. The molecule has 31 heavy (non-hydrogen) atoms. The van der Waals surface area contributed by atoms with Crippen molar-refractivity contribution in [3.8, 4) is 5.69 Å². The van der Waals surface area contributed by atoms with E-state index >= 15 is 0 Å². The van der Waals surface area contributed by atoms with Crippen molar-refractivity contribution in [2.45, 2.75) is 54.4 Å². The van der Waals surface area contributed by atoms with Crippen molar-refractivity contribution in [2.24, 2.45) is 11.8 Å². The number of hydrogen-bond acceptors (Lipinski definition) is 4. The molecule has 1 aromatic carbocycles. The van der Waals surface area contributed by atoms with Crippen LogP contribution in [0, 0.1) is 18.8 Å². The summed E-state index contributed by atoms with van der Waals surface area (Å²) >= 11 is 6.29. The van der Waals surface area contributed by atoms with Crippen LogP contribution in [-0.2, 0) is 4.74 Å². The molecule has 170 valence electrons. The van der Waals surface area contributed by atoms with Crippen LogP contribution in [0.4, 0.5) is 0 Å². The van der Waals surface area contributed by atoms with Gasteiger partial charge in [-0.1, -0.05) is 39.3 Å². The normalized spacial score (nSPS) is 11.3. The summed E-state index contributed by atoms with van der Waals surface area (Å²) in [5.41, 5.74) is 2.09. The smallest absolute Gasteiger partial charge is 0.360 e. The van der Waals surface area contributed by atoms with E-state index in [9.17, 15) is 9.59 Å². The maximum absolute atomic E-state index is 13.1. The molecular weight excluding hydrogens is 414 g/mol. The van der Waals surface area contributed by atoms with E-state index in [-0.39, 0.29) is 23.2 Å². The van der Waals surface area contributed by atoms with Crippen LogP contribution in [0.5, 0.6) is 0 Å². The average molecular weight is 448 g/mol. The minimum Gasteiger partial charge on any atom is -0.461 e. The van der Waals surface area contributed by atoms with Crippen molar-refractivity contribution in [3.05, 3.63) is 46.2 Å². The van der Waals surface area contributed by atoms with Gasteiger partial charge in [0, 0.05) is 18.7 Å². The molecule has 6 nitrogen and oxygen atoms in total. The lowest BCUT2D eigenvalue weighted by molar-refractivity contribution is 0.0519. The number of nitrogens with zero attached hydrogens (tertiary/aromatic N) is 3. The zero-order chi connectivity index (χ0) is 23.1. The lowest BCUT2D eigenvalue weighted by Gasteiger charge is -2.24. The predicted octanol–water partition coefficient (Wildman–Crippen LogP) is 5.55. The first-order valence-electron chi connectivity index (χ1n) is 11.0. The van der Waals surface area contributed by atoms with Crippen molar-refractivity contribution in [3.63, 3.8) is 0 Å². The van der Waals surface area contributed by atoms with Crippen molar-refractivity contribution in [1.29, 1.82) is 0 Å². The first kappa shape index (κ1) is 24.9. The molecule has 2 aromatic rings. The van der Waals surface area contributed by atoms with Gasteiger partial charge in [-0.25, -0.2) is 9.48 Å². The molecule has 2 rings (SSSR count). The minimum atomic E-state index is -0.549. The fraction of sp³-hybridized carbons (Fsp3) is 0.542. The van der Waals surface area contributed by atoms with Crippen LogP contribution in [-0.4, -0.2) is 46.3 Å². The summed E-state index contributed by atoms with van der Waals surface area (Å²) in [7, 11) is 0. The molecular formula is C24H34ClN3O3. The van der Waals surface area contributed by atoms with Gasteiger partial charge in [0.2, 0.25) is 0 Å². The summed E-state index contributed by atoms with van der Waals surface area (Å²) in [5, 5.41) is 4.59. The molecule has 7 heteroatoms. The highest BCUT2D eigenvalue weighted by Gasteiger charge is 2.22. The van der Waals surface area contributed by atoms with E-state index in [1.54, 1.807) is 30.7 Å². The van der Waals surface area contributed by atoms with Crippen molar-refractivity contribution < 1.29 is 14.3 Å². The SMILES string of the molecule is CCOC(=O)c1nn(-c2ccc(C(=O)N(CCC(C)C)CCC(C)C)cc2)c(C)c1Cl. The number of benzene rings is 1. The molecule has 0 N–H and O–H groups in total. The van der Waals surface area contributed by atoms with E-state index in [1.165, 1.54) is 0 Å². The van der Waals surface area contributed by atoms with Gasteiger partial charge in [0.1, 0.15) is 0 Å². The molecule has 1 heterocycles. The Morgan fingerprint density at radius 1 is 1.06 bits per heavy atom. The van der Waals surface area contributed by atoms with Gasteiger partial charge in [-0.2, -0.15) is 5.10 Å². The molecule has 0 aliphatic heterocycles. The van der Waals surface area contributed by atoms with E-state index in [4.69, 9.17) is 16.3 Å². The number of carbonyl (C=O) groups is 2. The molecule has 1 amide bonds. The number of amides is 1. The number of hydrogen-bond donors (Lipinski definition) is 0. The van der Waals surface area contributed by atoms with Crippen LogP contribution in [0.1, 0.15) is 74.0 Å². The number of esters is 1. The van der Waals surface area contributed by atoms with Gasteiger partial charge in [-0.3, -0.25) is 4.79 Å². The van der Waals surface area contributed by atoms with Crippen molar-refractivity contribution in [1.82, 2.24) is 14.7 Å². The third-order valence-electron chi connectivity index (χ3n) is 5.11. The standard InChI is InChI=1S/C24H34ClN3O3/c1-7-31-24(30)22-21(25)18(6)28(26-22)20-10-8-19(9-11-20)23(29)27(14-12-16(2)3)15-13-17(4)5/h8-11,16-17H,7,12-15H2,1-6H3. The Bertz CT molecular complexity index is 876. The monoisotopic (exact) mass is 447 g/mol. The van der Waals surface area contributed by atoms with Crippen LogP contribution in [0.2, 0.25) is 5.02 Å². The third-order valence-corrected chi connectivity index (χ3v) is 5.56. The van der Waals surface area contributed by atoms with E-state index in [2.05, 4.69) is 32.8 Å². The van der Waals surface area contributed by atoms with Crippen LogP contribution in [0.3, 0.4) is 0 Å². The molecule has 0 fully saturated rings. The Kier molecular flexibility index (Phi) is 9.11. The lowest BCUT2D eigenvalue weighted by Crippen LogP contribution is -2.34. The molecule has 0 radical (unpaired) electrons. The highest BCUT2D eigenvalue weighted by molar-refractivity contribution is 6.34. The lowest BCUT2D eigenvalue weighted by atomic mass is 10.1. The quantitative estimate of drug-likeness (QED) is 0.448. The Labute approximate surface area is 190 Å². The second-order valence-corrected chi connectivity index (χ2v) is 8.96. The Balaban J connectivity index is 2.24. The van der Waals surface area contributed by atoms with E-state index in [0.29, 0.717) is 23.1 Å². The summed E-state index contributed by atoms with van der Waals surface area (Å²) in [6.07, 6.45) is 1.95. The second-order valence-electron chi connectivity index (χ2n) is 8.58. The molecule has 1 aromatic heterocycles. The van der Waals surface area contributed by atoms with Gasteiger partial charge >= 0.3 is 5.97 Å². The third kappa shape index (κ3) is 6.57. The van der Waals surface area contributed by atoms with E-state index < -0.39 is 5.97 Å². The fourth-order valence-electron chi connectivity index (χ4n) is 3.14. The van der Waals surface area contributed by atoms with Gasteiger partial charge in [0.15, 0.2) is 5.69 Å². The van der Waals surface area contributed by atoms with Crippen LogP contribution < -0.4 is 0 Å². The fourth-order valence-corrected chi connectivity index (χ4v) is 3.33. The Morgan fingerprint density at radius 3 is 2.10 bits per heavy atom. The summed E-state index contributed by atoms with van der Waals surface area (Å²) in [6, 6.07) is 7.24. The second kappa shape index (κ2) is 11.3. The molecule has 0 atom stereocenters. The maximum atomic E-state index is 13.1. The van der Waals surface area contributed by atoms with E-state index in [1.807, 2.05) is 17.0 Å². The van der Waals surface area contributed by atoms with Crippen LogP contribution in [0.25, 0.3) is 5.69 Å². The number of carbonyl (C=O) groups excluding carboxylic acids is 2. The van der Waals surface area contributed by atoms with Crippen molar-refractivity contribution >= 4 is 23.5 Å². The summed E-state index contributed by atoms with van der Waals surface area (Å²) in [6.45, 7) is 14.0. The summed E-state index contributed by atoms with van der Waals surface area (Å²) in [5.74, 6) is 0.568. The van der Waals surface area contributed by atoms with Gasteiger partial charge in [0.25, 0.3) is 5.91 Å². The number of rotatable bonds is 10. The molecule has 0 aliphatic carbocycles. The zero-order valence-corrected chi connectivity index (χ0v) is 20.2. The molecule has 0 aliphatic rings. The largest absolute Gasteiger partial charge is 0.461 e. The highest BCUT2D eigenvalue weighted by Crippen LogP contribution is 2.24. The number of halogens is 1.